The molecule has 23 heavy (non-hydrogen) atoms. The maximum absolute atomic E-state index is 12.0. The molecule has 0 atom stereocenters. The van der Waals surface area contributed by atoms with Gasteiger partial charge in [0.2, 0.25) is 5.91 Å². The second-order valence-corrected chi connectivity index (χ2v) is 5.84. The molecule has 128 valence electrons. The molecule has 1 saturated carbocycles. The first-order chi connectivity index (χ1) is 10.7. The van der Waals surface area contributed by atoms with Gasteiger partial charge in [0.1, 0.15) is 0 Å². The lowest BCUT2D eigenvalue weighted by Crippen LogP contribution is -2.36. The summed E-state index contributed by atoms with van der Waals surface area (Å²) in [7, 11) is 0. The molecule has 6 heteroatoms. The van der Waals surface area contributed by atoms with Crippen LogP contribution in [-0.4, -0.2) is 30.9 Å². The molecule has 1 fully saturated rings. The molecule has 0 aromatic heterocycles. The van der Waals surface area contributed by atoms with Crippen LogP contribution in [0.15, 0.2) is 24.3 Å². The molecule has 5 nitrogen and oxygen atoms in total. The van der Waals surface area contributed by atoms with Crippen LogP contribution < -0.4 is 16.4 Å². The van der Waals surface area contributed by atoms with E-state index < -0.39 is 5.91 Å². The average Bonchev–Trinajstić information content (AvgIpc) is 2.80. The molecule has 0 spiro atoms. The third kappa shape index (κ3) is 6.59. The van der Waals surface area contributed by atoms with E-state index in [1.165, 1.54) is 38.5 Å². The predicted octanol–water partition coefficient (Wildman–Crippen LogP) is 2.25. The summed E-state index contributed by atoms with van der Waals surface area (Å²) in [5, 5.41) is 6.40. The van der Waals surface area contributed by atoms with Crippen molar-refractivity contribution in [3.63, 3.8) is 0 Å². The predicted molar refractivity (Wildman–Crippen MR) is 94.0 cm³/mol. The van der Waals surface area contributed by atoms with Crippen LogP contribution in [0.5, 0.6) is 0 Å². The summed E-state index contributed by atoms with van der Waals surface area (Å²) in [5.41, 5.74) is 6.12. The van der Waals surface area contributed by atoms with Crippen LogP contribution in [0.2, 0.25) is 0 Å². The van der Waals surface area contributed by atoms with E-state index in [4.69, 9.17) is 5.73 Å². The zero-order chi connectivity index (χ0) is 15.8. The molecule has 1 aliphatic carbocycles. The molecule has 4 N–H and O–H groups in total. The summed E-state index contributed by atoms with van der Waals surface area (Å²) < 4.78 is 0. The van der Waals surface area contributed by atoms with Gasteiger partial charge in [0.05, 0.1) is 0 Å². The maximum atomic E-state index is 12.0. The number of hydrogen-bond acceptors (Lipinski definition) is 3. The number of amides is 2. The molecule has 1 aliphatic rings. The zero-order valence-corrected chi connectivity index (χ0v) is 14.2. The molecule has 0 bridgehead atoms. The molecule has 0 unspecified atom stereocenters. The SMILES string of the molecule is Cl.NC(=O)c1ccc(C(=O)NCCNC2CCCCCC2)cc1. The minimum absolute atomic E-state index is 0. The summed E-state index contributed by atoms with van der Waals surface area (Å²) >= 11 is 0. The first-order valence-corrected chi connectivity index (χ1v) is 8.08. The molecule has 2 amide bonds. The van der Waals surface area contributed by atoms with E-state index in [1.807, 2.05) is 0 Å². The van der Waals surface area contributed by atoms with Gasteiger partial charge in [0, 0.05) is 30.3 Å². The minimum Gasteiger partial charge on any atom is -0.366 e. The Labute approximate surface area is 143 Å². The number of hydrogen-bond donors (Lipinski definition) is 3. The fourth-order valence-electron chi connectivity index (χ4n) is 2.82. The number of primary amides is 1. The highest BCUT2D eigenvalue weighted by molar-refractivity contribution is 5.97. The molecule has 0 heterocycles. The van der Waals surface area contributed by atoms with Crippen molar-refractivity contribution in [2.75, 3.05) is 13.1 Å². The van der Waals surface area contributed by atoms with Gasteiger partial charge < -0.3 is 16.4 Å². The molecule has 0 aliphatic heterocycles. The van der Waals surface area contributed by atoms with E-state index in [0.29, 0.717) is 23.7 Å². The quantitative estimate of drug-likeness (QED) is 0.549. The smallest absolute Gasteiger partial charge is 0.251 e. The first kappa shape index (κ1) is 19.5. The van der Waals surface area contributed by atoms with Crippen LogP contribution in [0, 0.1) is 0 Å². The molecule has 2 rings (SSSR count). The molecular formula is C17H26ClN3O2. The van der Waals surface area contributed by atoms with Gasteiger partial charge >= 0.3 is 0 Å². The molecule has 0 saturated heterocycles. The highest BCUT2D eigenvalue weighted by Crippen LogP contribution is 2.16. The van der Waals surface area contributed by atoms with E-state index in [1.54, 1.807) is 24.3 Å². The summed E-state index contributed by atoms with van der Waals surface area (Å²) in [4.78, 5) is 23.0. The van der Waals surface area contributed by atoms with Gasteiger partial charge in [-0.25, -0.2) is 0 Å². The van der Waals surface area contributed by atoms with E-state index >= 15 is 0 Å². The van der Waals surface area contributed by atoms with Crippen LogP contribution in [-0.2, 0) is 0 Å². The van der Waals surface area contributed by atoms with Crippen molar-refractivity contribution < 1.29 is 9.59 Å². The van der Waals surface area contributed by atoms with Crippen LogP contribution in [0.1, 0.15) is 59.2 Å². The highest BCUT2D eigenvalue weighted by Gasteiger charge is 2.11. The van der Waals surface area contributed by atoms with Crippen LogP contribution in [0.3, 0.4) is 0 Å². The van der Waals surface area contributed by atoms with Crippen molar-refractivity contribution in [3.8, 4) is 0 Å². The third-order valence-corrected chi connectivity index (χ3v) is 4.13. The van der Waals surface area contributed by atoms with Gasteiger partial charge in [0.15, 0.2) is 0 Å². The Bertz CT molecular complexity index is 497. The standard InChI is InChI=1S/C17H25N3O2.ClH/c18-16(21)13-7-9-14(10-8-13)17(22)20-12-11-19-15-5-3-1-2-4-6-15;/h7-10,15,19H,1-6,11-12H2,(H2,18,21)(H,20,22);1H. The minimum atomic E-state index is -0.487. The Morgan fingerprint density at radius 2 is 1.52 bits per heavy atom. The van der Waals surface area contributed by atoms with E-state index in [9.17, 15) is 9.59 Å². The fraction of sp³-hybridized carbons (Fsp3) is 0.529. The number of carbonyl (C=O) groups excluding carboxylic acids is 2. The van der Waals surface area contributed by atoms with Crippen LogP contribution in [0.25, 0.3) is 0 Å². The summed E-state index contributed by atoms with van der Waals surface area (Å²) in [5.74, 6) is -0.613. The van der Waals surface area contributed by atoms with Crippen molar-refractivity contribution in [1.82, 2.24) is 10.6 Å². The normalized spacial score (nSPS) is 15.3. The maximum Gasteiger partial charge on any atom is 0.251 e. The number of halogens is 1. The summed E-state index contributed by atoms with van der Waals surface area (Å²) in [6.07, 6.45) is 7.77. The Hall–Kier alpha value is -1.59. The second kappa shape index (κ2) is 10.2. The average molecular weight is 340 g/mol. The lowest BCUT2D eigenvalue weighted by Gasteiger charge is -2.16. The van der Waals surface area contributed by atoms with Crippen molar-refractivity contribution in [3.05, 3.63) is 35.4 Å². The van der Waals surface area contributed by atoms with Crippen molar-refractivity contribution in [2.24, 2.45) is 5.73 Å². The third-order valence-electron chi connectivity index (χ3n) is 4.13. The Kier molecular flexibility index (Phi) is 8.66. The second-order valence-electron chi connectivity index (χ2n) is 5.84. The highest BCUT2D eigenvalue weighted by atomic mass is 35.5. The zero-order valence-electron chi connectivity index (χ0n) is 13.3. The topological polar surface area (TPSA) is 84.2 Å². The molecule has 1 aromatic carbocycles. The van der Waals surface area contributed by atoms with Gasteiger partial charge in [-0.05, 0) is 37.1 Å². The number of nitrogens with two attached hydrogens (primary N) is 1. The Balaban J connectivity index is 0.00000264. The Morgan fingerprint density at radius 1 is 0.957 bits per heavy atom. The van der Waals surface area contributed by atoms with Crippen molar-refractivity contribution >= 4 is 24.2 Å². The Morgan fingerprint density at radius 3 is 2.09 bits per heavy atom. The van der Waals surface area contributed by atoms with Crippen molar-refractivity contribution in [1.29, 1.82) is 0 Å². The van der Waals surface area contributed by atoms with Gasteiger partial charge in [-0.1, -0.05) is 25.7 Å². The largest absolute Gasteiger partial charge is 0.366 e. The van der Waals surface area contributed by atoms with Crippen LogP contribution >= 0.6 is 12.4 Å². The molecule has 0 radical (unpaired) electrons. The van der Waals surface area contributed by atoms with Crippen LogP contribution in [0.4, 0.5) is 0 Å². The number of nitrogens with one attached hydrogen (secondary N) is 2. The number of benzene rings is 1. The fourth-order valence-corrected chi connectivity index (χ4v) is 2.82. The van der Waals surface area contributed by atoms with E-state index in [0.717, 1.165) is 6.54 Å². The monoisotopic (exact) mass is 339 g/mol. The van der Waals surface area contributed by atoms with E-state index in [-0.39, 0.29) is 18.3 Å². The van der Waals surface area contributed by atoms with E-state index in [2.05, 4.69) is 10.6 Å². The first-order valence-electron chi connectivity index (χ1n) is 8.08. The number of rotatable bonds is 6. The summed E-state index contributed by atoms with van der Waals surface area (Å²) in [6, 6.07) is 6.97. The summed E-state index contributed by atoms with van der Waals surface area (Å²) in [6.45, 7) is 1.39. The molecule has 1 aromatic rings. The van der Waals surface area contributed by atoms with Gasteiger partial charge in [-0.3, -0.25) is 9.59 Å². The van der Waals surface area contributed by atoms with Gasteiger partial charge in [-0.2, -0.15) is 0 Å². The lowest BCUT2D eigenvalue weighted by molar-refractivity contribution is 0.0950. The van der Waals surface area contributed by atoms with Gasteiger partial charge in [-0.15, -0.1) is 12.4 Å². The number of carbonyl (C=O) groups is 2. The molecular weight excluding hydrogens is 314 g/mol. The lowest BCUT2D eigenvalue weighted by atomic mass is 10.1. The van der Waals surface area contributed by atoms with Gasteiger partial charge in [0.25, 0.3) is 5.91 Å². The van der Waals surface area contributed by atoms with Crippen molar-refractivity contribution in [2.45, 2.75) is 44.6 Å².